The number of likely N-dealkylation sites (N-methyl/N-ethyl adjacent to an activating group) is 1. The first-order valence-corrected chi connectivity index (χ1v) is 20.4. The Kier molecular flexibility index (Phi) is 19.0. The van der Waals surface area contributed by atoms with E-state index in [0.717, 1.165) is 24.3 Å². The third-order valence-corrected chi connectivity index (χ3v) is 9.51. The fourth-order valence-corrected chi connectivity index (χ4v) is 5.83. The standard InChI is InChI=1S/C44H45ClF4N8O10/c1-4-19-65-38(59)14-5-25(2)39(60)55-36(23-37(50)58)41(62)53-27-8-6-26(7-9-27)24-66-43(64)57(3)18-17-52-40(61)35-22-30(15-16-51-35)67-29-11-13-34(33(46)21-29)56-42(63)54-28-10-12-32(45)31(20-28)44(47,48)49/h4,6-13,15-16,20-22,25,36H,1,5,14,17-19,23-24H2,2-3H3,(H2,50,58)(H,52,61)(H,53,62)(H,55,60)(H2,54,56,63). The van der Waals surface area contributed by atoms with E-state index in [0.29, 0.717) is 17.3 Å². The Bertz CT molecular complexity index is 2460. The Morgan fingerprint density at radius 2 is 1.60 bits per heavy atom. The van der Waals surface area contributed by atoms with Crippen molar-refractivity contribution in [2.75, 3.05) is 42.7 Å². The van der Waals surface area contributed by atoms with Crippen LogP contribution in [0.1, 0.15) is 47.8 Å². The molecule has 7 amide bonds. The molecule has 2 atom stereocenters. The fourth-order valence-electron chi connectivity index (χ4n) is 5.60. The number of esters is 1. The third-order valence-electron chi connectivity index (χ3n) is 9.18. The van der Waals surface area contributed by atoms with E-state index in [-0.39, 0.29) is 67.7 Å². The molecule has 18 nitrogen and oxygen atoms in total. The first-order valence-electron chi connectivity index (χ1n) is 20.0. The van der Waals surface area contributed by atoms with Crippen molar-refractivity contribution in [1.82, 2.24) is 20.5 Å². The van der Waals surface area contributed by atoms with Crippen molar-refractivity contribution in [3.05, 3.63) is 119 Å². The number of benzene rings is 3. The van der Waals surface area contributed by atoms with E-state index in [4.69, 9.17) is 31.5 Å². The van der Waals surface area contributed by atoms with E-state index in [2.05, 4.69) is 38.1 Å². The van der Waals surface area contributed by atoms with Gasteiger partial charge < -0.3 is 51.4 Å². The van der Waals surface area contributed by atoms with E-state index in [9.17, 15) is 51.1 Å². The van der Waals surface area contributed by atoms with Gasteiger partial charge in [-0.2, -0.15) is 13.2 Å². The van der Waals surface area contributed by atoms with Crippen LogP contribution in [0.15, 0.2) is 91.6 Å². The summed E-state index contributed by atoms with van der Waals surface area (Å²) in [6, 6.07) is 12.6. The number of halogens is 5. The van der Waals surface area contributed by atoms with E-state index >= 15 is 0 Å². The number of nitrogens with one attached hydrogen (secondary N) is 5. The number of alkyl halides is 3. The second-order valence-electron chi connectivity index (χ2n) is 14.5. The third kappa shape index (κ3) is 17.0. The van der Waals surface area contributed by atoms with E-state index < -0.39 is 82.7 Å². The summed E-state index contributed by atoms with van der Waals surface area (Å²) in [5.41, 5.74) is 4.36. The Hall–Kier alpha value is -7.75. The molecule has 0 bridgehead atoms. The number of nitrogens with two attached hydrogens (primary N) is 1. The SMILES string of the molecule is C=CCOC(=O)CCC(C)C(=O)NC(CC(N)=O)C(=O)Nc1ccc(COC(=O)N(C)CCNC(=O)c2cc(Oc3ccc(NC(=O)Nc4ccc(Cl)c(C(F)(F)F)c4)c(F)c3)ccn2)cc1. The predicted octanol–water partition coefficient (Wildman–Crippen LogP) is 6.77. The van der Waals surface area contributed by atoms with Crippen LogP contribution in [0.5, 0.6) is 11.5 Å². The van der Waals surface area contributed by atoms with Gasteiger partial charge in [0.25, 0.3) is 5.91 Å². The van der Waals surface area contributed by atoms with Gasteiger partial charge in [-0.15, -0.1) is 0 Å². The molecule has 356 valence electrons. The summed E-state index contributed by atoms with van der Waals surface area (Å²) in [6.07, 6.45) is -3.20. The van der Waals surface area contributed by atoms with Crippen molar-refractivity contribution < 1.29 is 65.3 Å². The normalized spacial score (nSPS) is 11.7. The highest BCUT2D eigenvalue weighted by Gasteiger charge is 2.33. The molecule has 3 aromatic carbocycles. The number of ether oxygens (including phenoxy) is 3. The smallest absolute Gasteiger partial charge is 0.417 e. The number of urea groups is 1. The molecule has 0 saturated carbocycles. The first kappa shape index (κ1) is 51.9. The number of nitrogens with zero attached hydrogens (tertiary/aromatic N) is 2. The molecule has 2 unspecified atom stereocenters. The summed E-state index contributed by atoms with van der Waals surface area (Å²) in [4.78, 5) is 92.2. The van der Waals surface area contributed by atoms with Crippen LogP contribution in [0.25, 0.3) is 0 Å². The largest absolute Gasteiger partial charge is 0.461 e. The van der Waals surface area contributed by atoms with Crippen molar-refractivity contribution >= 4 is 70.4 Å². The number of amides is 7. The number of pyridine rings is 1. The average Bonchev–Trinajstić information content (AvgIpc) is 3.27. The van der Waals surface area contributed by atoms with Gasteiger partial charge in [-0.1, -0.05) is 43.3 Å². The molecule has 23 heteroatoms. The highest BCUT2D eigenvalue weighted by molar-refractivity contribution is 6.31. The molecule has 0 fully saturated rings. The van der Waals surface area contributed by atoms with Crippen molar-refractivity contribution in [3.63, 3.8) is 0 Å². The lowest BCUT2D eigenvalue weighted by molar-refractivity contribution is -0.143. The van der Waals surface area contributed by atoms with Crippen LogP contribution in [0.4, 0.5) is 44.2 Å². The zero-order chi connectivity index (χ0) is 49.3. The summed E-state index contributed by atoms with van der Waals surface area (Å²) in [7, 11) is 1.44. The number of hydrogen-bond donors (Lipinski definition) is 6. The van der Waals surface area contributed by atoms with Crippen molar-refractivity contribution in [1.29, 1.82) is 0 Å². The minimum Gasteiger partial charge on any atom is -0.461 e. The van der Waals surface area contributed by atoms with Gasteiger partial charge in [0.1, 0.15) is 42.3 Å². The van der Waals surface area contributed by atoms with Crippen LogP contribution >= 0.6 is 11.6 Å². The molecule has 0 aliphatic carbocycles. The monoisotopic (exact) mass is 956 g/mol. The van der Waals surface area contributed by atoms with Crippen molar-refractivity contribution in [3.8, 4) is 11.5 Å². The van der Waals surface area contributed by atoms with Crippen molar-refractivity contribution in [2.45, 2.75) is 45.0 Å². The number of hydrogen-bond acceptors (Lipinski definition) is 11. The number of rotatable bonds is 21. The Morgan fingerprint density at radius 1 is 0.896 bits per heavy atom. The predicted molar refractivity (Wildman–Crippen MR) is 235 cm³/mol. The molecule has 4 rings (SSSR count). The first-order chi connectivity index (χ1) is 31.7. The molecule has 0 saturated heterocycles. The summed E-state index contributed by atoms with van der Waals surface area (Å²) in [6.45, 7) is 4.90. The quantitative estimate of drug-likeness (QED) is 0.0289. The maximum atomic E-state index is 14.9. The second kappa shape index (κ2) is 24.5. The lowest BCUT2D eigenvalue weighted by Crippen LogP contribution is -2.47. The molecule has 4 aromatic rings. The van der Waals surface area contributed by atoms with Gasteiger partial charge in [-0.25, -0.2) is 14.0 Å². The number of primary amides is 1. The maximum Gasteiger partial charge on any atom is 0.417 e. The van der Waals surface area contributed by atoms with Crippen LogP contribution in [-0.4, -0.2) is 84.4 Å². The molecule has 67 heavy (non-hydrogen) atoms. The number of anilines is 3. The fraction of sp³-hybridized carbons (Fsp3) is 0.273. The summed E-state index contributed by atoms with van der Waals surface area (Å²) >= 11 is 5.60. The lowest BCUT2D eigenvalue weighted by atomic mass is 10.0. The molecule has 0 spiro atoms. The minimum absolute atomic E-state index is 0.0127. The number of carbonyl (C=O) groups excluding carboxylic acids is 7. The highest BCUT2D eigenvalue weighted by Crippen LogP contribution is 2.36. The molecule has 0 radical (unpaired) electrons. The zero-order valence-electron chi connectivity index (χ0n) is 35.8. The highest BCUT2D eigenvalue weighted by atomic mass is 35.5. The van der Waals surface area contributed by atoms with Gasteiger partial charge in [0.05, 0.1) is 22.7 Å². The average molecular weight is 957 g/mol. The molecule has 1 heterocycles. The Morgan fingerprint density at radius 3 is 2.27 bits per heavy atom. The van der Waals surface area contributed by atoms with E-state index in [1.807, 2.05) is 0 Å². The second-order valence-corrected chi connectivity index (χ2v) is 14.9. The van der Waals surface area contributed by atoms with Gasteiger partial charge in [0.15, 0.2) is 0 Å². The van der Waals surface area contributed by atoms with Gasteiger partial charge in [0, 0.05) is 62.2 Å². The zero-order valence-corrected chi connectivity index (χ0v) is 36.6. The maximum absolute atomic E-state index is 14.9. The molecule has 0 aliphatic heterocycles. The van der Waals surface area contributed by atoms with Crippen LogP contribution in [-0.2, 0) is 41.4 Å². The molecule has 7 N–H and O–H groups in total. The molecular formula is C44H45ClF4N8O10. The molecule has 1 aromatic heterocycles. The van der Waals surface area contributed by atoms with Crippen LogP contribution in [0.2, 0.25) is 5.02 Å². The number of carbonyl (C=O) groups is 7. The van der Waals surface area contributed by atoms with Gasteiger partial charge >= 0.3 is 24.3 Å². The van der Waals surface area contributed by atoms with Crippen LogP contribution in [0, 0.1) is 11.7 Å². The van der Waals surface area contributed by atoms with Gasteiger partial charge in [-0.05, 0) is 60.5 Å². The minimum atomic E-state index is -4.76. The molecular weight excluding hydrogens is 912 g/mol. The topological polar surface area (TPSA) is 249 Å². The van der Waals surface area contributed by atoms with E-state index in [1.54, 1.807) is 19.1 Å². The Balaban J connectivity index is 1.20. The van der Waals surface area contributed by atoms with Crippen molar-refractivity contribution in [2.24, 2.45) is 11.7 Å². The van der Waals surface area contributed by atoms with Gasteiger partial charge in [-0.3, -0.25) is 29.0 Å². The van der Waals surface area contributed by atoms with Gasteiger partial charge in [0.2, 0.25) is 17.7 Å². The summed E-state index contributed by atoms with van der Waals surface area (Å²) in [5, 5.41) is 11.5. The lowest BCUT2D eigenvalue weighted by Gasteiger charge is -2.20. The number of aromatic nitrogens is 1. The van der Waals surface area contributed by atoms with E-state index in [1.165, 1.54) is 54.6 Å². The summed E-state index contributed by atoms with van der Waals surface area (Å²) in [5.74, 6) is -4.84. The Labute approximate surface area is 385 Å². The van der Waals surface area contributed by atoms with Crippen LogP contribution in [0.3, 0.4) is 0 Å². The molecule has 0 aliphatic rings. The van der Waals surface area contributed by atoms with Crippen LogP contribution < -0.4 is 37.1 Å². The summed E-state index contributed by atoms with van der Waals surface area (Å²) < 4.78 is 70.3.